The molecular formula is C19H22N2S2. The summed E-state index contributed by atoms with van der Waals surface area (Å²) in [6.07, 6.45) is 3.97. The van der Waals surface area contributed by atoms with Crippen LogP contribution in [0.5, 0.6) is 0 Å². The number of nitriles is 1. The van der Waals surface area contributed by atoms with Crippen molar-refractivity contribution < 1.29 is 0 Å². The largest absolute Gasteiger partial charge is 0.301 e. The first-order chi connectivity index (χ1) is 11.3. The smallest absolute Gasteiger partial charge is 0.0878 e. The van der Waals surface area contributed by atoms with E-state index in [-0.39, 0.29) is 5.92 Å². The van der Waals surface area contributed by atoms with E-state index in [1.807, 2.05) is 0 Å². The first-order valence-corrected chi connectivity index (χ1v) is 10.3. The van der Waals surface area contributed by atoms with Crippen LogP contribution >= 0.6 is 22.7 Å². The molecule has 4 atom stereocenters. The van der Waals surface area contributed by atoms with Gasteiger partial charge in [0.25, 0.3) is 0 Å². The van der Waals surface area contributed by atoms with Gasteiger partial charge in [0.05, 0.1) is 12.0 Å². The van der Waals surface area contributed by atoms with Gasteiger partial charge in [-0.15, -0.1) is 0 Å². The number of hydrogen-bond donors (Lipinski definition) is 0. The number of nitrogens with zero attached hydrogens (tertiary/aromatic N) is 2. The quantitative estimate of drug-likeness (QED) is 0.713. The zero-order chi connectivity index (χ0) is 15.8. The molecule has 2 nitrogen and oxygen atoms in total. The summed E-state index contributed by atoms with van der Waals surface area (Å²) in [5.41, 5.74) is 2.69. The third-order valence-corrected chi connectivity index (χ3v) is 6.79. The highest BCUT2D eigenvalue weighted by Gasteiger charge is 2.49. The number of thiophene rings is 2. The van der Waals surface area contributed by atoms with Crippen LogP contribution in [0.25, 0.3) is 0 Å². The fourth-order valence-corrected chi connectivity index (χ4v) is 5.34. The Kier molecular flexibility index (Phi) is 4.27. The summed E-state index contributed by atoms with van der Waals surface area (Å²) in [5.74, 6) is 2.14. The van der Waals surface area contributed by atoms with E-state index in [1.165, 1.54) is 30.4 Å². The molecule has 0 aromatic carbocycles. The fraction of sp³-hybridized carbons (Fsp3) is 0.526. The van der Waals surface area contributed by atoms with Crippen molar-refractivity contribution in [1.82, 2.24) is 4.90 Å². The summed E-state index contributed by atoms with van der Waals surface area (Å²) in [6, 6.07) is 7.38. The summed E-state index contributed by atoms with van der Waals surface area (Å²) >= 11 is 3.49. The standard InChI is InChI=1S/C19H22N2S2/c1-21(10-13-2-3-13)19(18(9-20)15-5-7-23-12-15)17-8-16(17)14-4-6-22-11-14/h4-7,11-13,16-19H,2-3,8,10H2,1H3. The molecule has 0 N–H and O–H groups in total. The van der Waals surface area contributed by atoms with E-state index in [1.54, 1.807) is 22.7 Å². The van der Waals surface area contributed by atoms with E-state index in [9.17, 15) is 5.26 Å². The lowest BCUT2D eigenvalue weighted by atomic mass is 9.89. The first kappa shape index (κ1) is 15.4. The molecule has 0 amide bonds. The van der Waals surface area contributed by atoms with Gasteiger partial charge in [-0.25, -0.2) is 0 Å². The zero-order valence-electron chi connectivity index (χ0n) is 13.4. The molecule has 2 heterocycles. The molecule has 0 bridgehead atoms. The third kappa shape index (κ3) is 3.24. The van der Waals surface area contributed by atoms with Crippen molar-refractivity contribution in [2.45, 2.75) is 37.1 Å². The van der Waals surface area contributed by atoms with Gasteiger partial charge in [-0.2, -0.15) is 27.9 Å². The summed E-state index contributed by atoms with van der Waals surface area (Å²) in [7, 11) is 2.24. The number of likely N-dealkylation sites (N-methyl/N-ethyl adjacent to an activating group) is 1. The Bertz CT molecular complexity index is 667. The van der Waals surface area contributed by atoms with Gasteiger partial charge < -0.3 is 4.90 Å². The third-order valence-electron chi connectivity index (χ3n) is 5.38. The second-order valence-electron chi connectivity index (χ2n) is 7.10. The maximum Gasteiger partial charge on any atom is 0.0878 e. The molecule has 2 saturated carbocycles. The molecule has 0 radical (unpaired) electrons. The summed E-state index contributed by atoms with van der Waals surface area (Å²) < 4.78 is 0. The van der Waals surface area contributed by atoms with Crippen LogP contribution in [0.4, 0.5) is 0 Å². The molecule has 2 aromatic heterocycles. The summed E-state index contributed by atoms with van der Waals surface area (Å²) in [6.45, 7) is 1.15. The van der Waals surface area contributed by atoms with Crippen molar-refractivity contribution >= 4 is 22.7 Å². The Balaban J connectivity index is 1.57. The van der Waals surface area contributed by atoms with Crippen LogP contribution < -0.4 is 0 Å². The van der Waals surface area contributed by atoms with Gasteiger partial charge in [0.2, 0.25) is 0 Å². The second kappa shape index (κ2) is 6.39. The van der Waals surface area contributed by atoms with Crippen LogP contribution in [0, 0.1) is 23.2 Å². The van der Waals surface area contributed by atoms with Crippen molar-refractivity contribution in [3.8, 4) is 6.07 Å². The van der Waals surface area contributed by atoms with Gasteiger partial charge in [-0.05, 0) is 88.8 Å². The Morgan fingerprint density at radius 3 is 2.65 bits per heavy atom. The topological polar surface area (TPSA) is 27.0 Å². The molecule has 120 valence electrons. The first-order valence-electron chi connectivity index (χ1n) is 8.42. The lowest BCUT2D eigenvalue weighted by Gasteiger charge is -2.32. The number of rotatable bonds is 7. The molecule has 4 heteroatoms. The second-order valence-corrected chi connectivity index (χ2v) is 8.66. The Morgan fingerprint density at radius 1 is 1.26 bits per heavy atom. The lowest BCUT2D eigenvalue weighted by molar-refractivity contribution is 0.194. The van der Waals surface area contributed by atoms with Gasteiger partial charge >= 0.3 is 0 Å². The molecule has 2 fully saturated rings. The average Bonchev–Trinajstić information content (AvgIpc) is 3.39. The maximum atomic E-state index is 9.89. The normalized spacial score (nSPS) is 26.0. The highest BCUT2D eigenvalue weighted by molar-refractivity contribution is 7.08. The monoisotopic (exact) mass is 342 g/mol. The van der Waals surface area contributed by atoms with Crippen LogP contribution in [0.2, 0.25) is 0 Å². The molecule has 2 aromatic rings. The Labute approximate surface area is 146 Å². The molecule has 4 rings (SSSR count). The number of hydrogen-bond acceptors (Lipinski definition) is 4. The fourth-order valence-electron chi connectivity index (χ4n) is 3.92. The van der Waals surface area contributed by atoms with E-state index < -0.39 is 0 Å². The maximum absolute atomic E-state index is 9.89. The van der Waals surface area contributed by atoms with Gasteiger partial charge in [-0.1, -0.05) is 0 Å². The molecule has 0 spiro atoms. The van der Waals surface area contributed by atoms with Crippen molar-refractivity contribution in [3.05, 3.63) is 44.8 Å². The lowest BCUT2D eigenvalue weighted by Crippen LogP contribution is -2.39. The van der Waals surface area contributed by atoms with Gasteiger partial charge in [-0.3, -0.25) is 0 Å². The SMILES string of the molecule is CN(CC1CC1)C(C(C#N)c1ccsc1)C1CC1c1ccsc1. The van der Waals surface area contributed by atoms with Gasteiger partial charge in [0.1, 0.15) is 0 Å². The molecule has 2 aliphatic carbocycles. The van der Waals surface area contributed by atoms with Crippen molar-refractivity contribution in [2.24, 2.45) is 11.8 Å². The molecular weight excluding hydrogens is 320 g/mol. The Hall–Kier alpha value is -1.15. The van der Waals surface area contributed by atoms with Crippen LogP contribution in [-0.4, -0.2) is 24.5 Å². The zero-order valence-corrected chi connectivity index (χ0v) is 15.0. The average molecular weight is 343 g/mol. The van der Waals surface area contributed by atoms with Crippen molar-refractivity contribution in [1.29, 1.82) is 5.26 Å². The van der Waals surface area contributed by atoms with Crippen LogP contribution in [-0.2, 0) is 0 Å². The van der Waals surface area contributed by atoms with Crippen LogP contribution in [0.3, 0.4) is 0 Å². The molecule has 4 unspecified atom stereocenters. The summed E-state index contributed by atoms with van der Waals surface area (Å²) in [4.78, 5) is 2.50. The minimum Gasteiger partial charge on any atom is -0.301 e. The van der Waals surface area contributed by atoms with Crippen molar-refractivity contribution in [2.75, 3.05) is 13.6 Å². The van der Waals surface area contributed by atoms with Gasteiger partial charge in [0.15, 0.2) is 0 Å². The molecule has 23 heavy (non-hydrogen) atoms. The van der Waals surface area contributed by atoms with E-state index in [4.69, 9.17) is 0 Å². The van der Waals surface area contributed by atoms with E-state index in [0.717, 1.165) is 12.5 Å². The minimum atomic E-state index is -0.00126. The predicted octanol–water partition coefficient (Wildman–Crippen LogP) is 4.93. The predicted molar refractivity (Wildman–Crippen MR) is 97.0 cm³/mol. The van der Waals surface area contributed by atoms with Crippen LogP contribution in [0.15, 0.2) is 33.7 Å². The van der Waals surface area contributed by atoms with Crippen LogP contribution in [0.1, 0.15) is 42.2 Å². The van der Waals surface area contributed by atoms with Gasteiger partial charge in [0, 0.05) is 12.6 Å². The van der Waals surface area contributed by atoms with E-state index in [2.05, 4.69) is 51.7 Å². The molecule has 0 aliphatic heterocycles. The highest BCUT2D eigenvalue weighted by Crippen LogP contribution is 2.54. The van der Waals surface area contributed by atoms with Crippen molar-refractivity contribution in [3.63, 3.8) is 0 Å². The minimum absolute atomic E-state index is 0.00126. The molecule has 0 saturated heterocycles. The highest BCUT2D eigenvalue weighted by atomic mass is 32.1. The Morgan fingerprint density at radius 2 is 2.04 bits per heavy atom. The van der Waals surface area contributed by atoms with E-state index >= 15 is 0 Å². The summed E-state index contributed by atoms with van der Waals surface area (Å²) in [5, 5.41) is 18.6. The molecule has 2 aliphatic rings. The van der Waals surface area contributed by atoms with E-state index in [0.29, 0.717) is 17.9 Å².